The summed E-state index contributed by atoms with van der Waals surface area (Å²) in [6, 6.07) is 0. The van der Waals surface area contributed by atoms with E-state index in [2.05, 4.69) is 0 Å². The molecule has 0 radical (unpaired) electrons. The van der Waals surface area contributed by atoms with Crippen LogP contribution >= 0.6 is 0 Å². The number of carbonyl (C=O) groups is 2. The molecule has 1 N–H and O–H groups in total. The van der Waals surface area contributed by atoms with Crippen molar-refractivity contribution in [1.29, 1.82) is 0 Å². The highest BCUT2D eigenvalue weighted by atomic mass is 32.2. The first-order valence-corrected chi connectivity index (χ1v) is 6.46. The van der Waals surface area contributed by atoms with Crippen LogP contribution in [-0.2, 0) is 19.6 Å². The van der Waals surface area contributed by atoms with Gasteiger partial charge in [-0.2, -0.15) is 0 Å². The van der Waals surface area contributed by atoms with E-state index in [4.69, 9.17) is 5.11 Å². The van der Waals surface area contributed by atoms with Crippen molar-refractivity contribution in [2.75, 3.05) is 12.3 Å². The number of aliphatic carboxylic acids is 1. The molecule has 1 rings (SSSR count). The van der Waals surface area contributed by atoms with Gasteiger partial charge in [0.25, 0.3) is 0 Å². The first-order chi connectivity index (χ1) is 7.08. The van der Waals surface area contributed by atoms with Crippen molar-refractivity contribution in [3.63, 3.8) is 0 Å². The second-order valence-corrected chi connectivity index (χ2v) is 6.61. The number of sulfonamides is 1. The van der Waals surface area contributed by atoms with Crippen LogP contribution < -0.4 is 0 Å². The molecule has 0 aliphatic carbocycles. The molecule has 1 aliphatic heterocycles. The van der Waals surface area contributed by atoms with Gasteiger partial charge in [-0.05, 0) is 13.8 Å². The van der Waals surface area contributed by atoms with E-state index in [1.54, 1.807) is 0 Å². The zero-order valence-corrected chi connectivity index (χ0v) is 10.2. The summed E-state index contributed by atoms with van der Waals surface area (Å²) in [5, 5.41) is 8.70. The molecule has 1 heterocycles. The minimum absolute atomic E-state index is 0.259. The molecular formula is C9H15NO5S. The van der Waals surface area contributed by atoms with Crippen molar-refractivity contribution in [1.82, 2.24) is 4.31 Å². The number of amides is 1. The molecular weight excluding hydrogens is 234 g/mol. The fourth-order valence-electron chi connectivity index (χ4n) is 1.58. The molecule has 0 aromatic carbocycles. The first kappa shape index (κ1) is 13.0. The molecule has 0 aromatic heterocycles. The van der Waals surface area contributed by atoms with E-state index in [1.165, 1.54) is 20.8 Å². The Morgan fingerprint density at radius 3 is 2.38 bits per heavy atom. The summed E-state index contributed by atoms with van der Waals surface area (Å²) in [5.41, 5.74) is -0.961. The number of hydrogen-bond acceptors (Lipinski definition) is 4. The monoisotopic (exact) mass is 249 g/mol. The standard InChI is InChI=1S/C9H15NO5S/c1-6(7(11)12)4-10-8(13)9(2,3)5-16(10,14)15/h6H,4-5H2,1-3H3,(H,11,12). The minimum atomic E-state index is -3.65. The van der Waals surface area contributed by atoms with E-state index in [0.717, 1.165) is 0 Å². The van der Waals surface area contributed by atoms with Gasteiger partial charge >= 0.3 is 5.97 Å². The topological polar surface area (TPSA) is 91.8 Å². The molecule has 1 fully saturated rings. The Bertz CT molecular complexity index is 425. The molecule has 0 spiro atoms. The molecule has 0 bridgehead atoms. The van der Waals surface area contributed by atoms with E-state index >= 15 is 0 Å². The van der Waals surface area contributed by atoms with Crippen LogP contribution in [0, 0.1) is 11.3 Å². The maximum absolute atomic E-state index is 11.8. The lowest BCUT2D eigenvalue weighted by Gasteiger charge is -2.19. The molecule has 1 atom stereocenters. The van der Waals surface area contributed by atoms with Gasteiger partial charge in [-0.25, -0.2) is 12.7 Å². The lowest BCUT2D eigenvalue weighted by Crippen LogP contribution is -2.38. The van der Waals surface area contributed by atoms with Gasteiger partial charge in [0.15, 0.2) is 0 Å². The highest BCUT2D eigenvalue weighted by Crippen LogP contribution is 2.32. The average molecular weight is 249 g/mol. The summed E-state index contributed by atoms with van der Waals surface area (Å²) in [4.78, 5) is 22.4. The van der Waals surface area contributed by atoms with Gasteiger partial charge in [-0.1, -0.05) is 6.92 Å². The molecule has 1 amide bonds. The zero-order valence-electron chi connectivity index (χ0n) is 9.43. The summed E-state index contributed by atoms with van der Waals surface area (Å²) in [5.74, 6) is -2.80. The SMILES string of the molecule is CC(CN1C(=O)C(C)(C)CS1(=O)=O)C(=O)O. The molecule has 16 heavy (non-hydrogen) atoms. The molecule has 6 nitrogen and oxygen atoms in total. The van der Waals surface area contributed by atoms with Crippen LogP contribution in [0.3, 0.4) is 0 Å². The van der Waals surface area contributed by atoms with Crippen LogP contribution in [0.5, 0.6) is 0 Å². The Morgan fingerprint density at radius 1 is 1.56 bits per heavy atom. The molecule has 0 aromatic rings. The summed E-state index contributed by atoms with van der Waals surface area (Å²) in [6.45, 7) is 4.16. The number of nitrogens with zero attached hydrogens (tertiary/aromatic N) is 1. The van der Waals surface area contributed by atoms with E-state index in [9.17, 15) is 18.0 Å². The van der Waals surface area contributed by atoms with Crippen molar-refractivity contribution in [2.45, 2.75) is 20.8 Å². The van der Waals surface area contributed by atoms with Gasteiger partial charge in [0.05, 0.1) is 17.1 Å². The van der Waals surface area contributed by atoms with Gasteiger partial charge in [-0.3, -0.25) is 9.59 Å². The molecule has 0 saturated carbocycles. The van der Waals surface area contributed by atoms with Crippen molar-refractivity contribution < 1.29 is 23.1 Å². The van der Waals surface area contributed by atoms with E-state index < -0.39 is 33.2 Å². The quantitative estimate of drug-likeness (QED) is 0.754. The minimum Gasteiger partial charge on any atom is -0.481 e. The van der Waals surface area contributed by atoms with Crippen molar-refractivity contribution in [3.05, 3.63) is 0 Å². The second kappa shape index (κ2) is 3.73. The number of carboxylic acids is 1. The molecule has 1 unspecified atom stereocenters. The summed E-state index contributed by atoms with van der Waals surface area (Å²) in [7, 11) is -3.65. The Morgan fingerprint density at radius 2 is 2.06 bits per heavy atom. The lowest BCUT2D eigenvalue weighted by molar-refractivity contribution is -0.142. The van der Waals surface area contributed by atoms with E-state index in [-0.39, 0.29) is 12.3 Å². The summed E-state index contributed by atoms with van der Waals surface area (Å²) >= 11 is 0. The molecule has 1 saturated heterocycles. The predicted octanol–water partition coefficient (Wildman–Crippen LogP) is -0.0947. The van der Waals surface area contributed by atoms with Crippen molar-refractivity contribution in [2.24, 2.45) is 11.3 Å². The van der Waals surface area contributed by atoms with Crippen LogP contribution in [0.15, 0.2) is 0 Å². The predicted molar refractivity (Wildman–Crippen MR) is 56.1 cm³/mol. The van der Waals surface area contributed by atoms with Gasteiger partial charge < -0.3 is 5.11 Å². The van der Waals surface area contributed by atoms with Crippen LogP contribution in [0.1, 0.15) is 20.8 Å². The fraction of sp³-hybridized carbons (Fsp3) is 0.778. The maximum Gasteiger partial charge on any atom is 0.308 e. The van der Waals surface area contributed by atoms with Gasteiger partial charge in [-0.15, -0.1) is 0 Å². The Kier molecular flexibility index (Phi) is 3.02. The summed E-state index contributed by atoms with van der Waals surface area (Å²) in [6.07, 6.45) is 0. The number of hydrogen-bond donors (Lipinski definition) is 1. The Hall–Kier alpha value is -1.11. The highest BCUT2D eigenvalue weighted by Gasteiger charge is 2.49. The van der Waals surface area contributed by atoms with Gasteiger partial charge in [0.2, 0.25) is 15.9 Å². The van der Waals surface area contributed by atoms with Gasteiger partial charge in [0.1, 0.15) is 0 Å². The first-order valence-electron chi connectivity index (χ1n) is 4.85. The molecule has 1 aliphatic rings. The Balaban J connectivity index is 2.97. The Labute approximate surface area is 94.3 Å². The lowest BCUT2D eigenvalue weighted by atomic mass is 9.95. The zero-order chi connectivity index (χ0) is 12.7. The third kappa shape index (κ3) is 2.18. The molecule has 7 heteroatoms. The number of carbonyl (C=O) groups excluding carboxylic acids is 1. The highest BCUT2D eigenvalue weighted by molar-refractivity contribution is 7.90. The second-order valence-electron chi connectivity index (χ2n) is 4.72. The smallest absolute Gasteiger partial charge is 0.308 e. The normalized spacial score (nSPS) is 24.4. The number of carboxylic acid groups (broad SMARTS) is 1. The van der Waals surface area contributed by atoms with Crippen LogP contribution in [-0.4, -0.2) is 42.0 Å². The van der Waals surface area contributed by atoms with Gasteiger partial charge in [0, 0.05) is 6.54 Å². The maximum atomic E-state index is 11.8. The van der Waals surface area contributed by atoms with Crippen LogP contribution in [0.4, 0.5) is 0 Å². The molecule has 92 valence electrons. The van der Waals surface area contributed by atoms with Crippen molar-refractivity contribution >= 4 is 21.9 Å². The van der Waals surface area contributed by atoms with E-state index in [1.807, 2.05) is 0 Å². The average Bonchev–Trinajstić information content (AvgIpc) is 2.23. The van der Waals surface area contributed by atoms with E-state index in [0.29, 0.717) is 4.31 Å². The van der Waals surface area contributed by atoms with Crippen LogP contribution in [0.25, 0.3) is 0 Å². The number of rotatable bonds is 3. The van der Waals surface area contributed by atoms with Crippen LogP contribution in [0.2, 0.25) is 0 Å². The third-order valence-electron chi connectivity index (χ3n) is 2.55. The third-order valence-corrected chi connectivity index (χ3v) is 4.62. The van der Waals surface area contributed by atoms with Crippen molar-refractivity contribution in [3.8, 4) is 0 Å². The fourth-order valence-corrected chi connectivity index (χ4v) is 3.72. The largest absolute Gasteiger partial charge is 0.481 e. The summed E-state index contributed by atoms with van der Waals surface area (Å²) < 4.78 is 24.0.